The molecular weight excluding hydrogens is 290 g/mol. The van der Waals surface area contributed by atoms with Crippen LogP contribution in [0, 0.1) is 13.8 Å². The fourth-order valence-corrected chi connectivity index (χ4v) is 2.25. The zero-order valence-electron chi connectivity index (χ0n) is 11.4. The van der Waals surface area contributed by atoms with Crippen LogP contribution in [-0.2, 0) is 0 Å². The maximum atomic E-state index is 6.08. The van der Waals surface area contributed by atoms with E-state index in [0.717, 1.165) is 24.8 Å². The number of hydrogen-bond acceptors (Lipinski definition) is 2. The highest BCUT2D eigenvalue weighted by molar-refractivity contribution is 9.10. The normalized spacial score (nSPS) is 16.7. The number of nitrogens with one attached hydrogen (secondary N) is 1. The molecule has 1 saturated carbocycles. The molecule has 1 aromatic rings. The lowest BCUT2D eigenvalue weighted by molar-refractivity contribution is 0.192. The van der Waals surface area contributed by atoms with Crippen molar-refractivity contribution in [3.63, 3.8) is 0 Å². The van der Waals surface area contributed by atoms with Crippen LogP contribution >= 0.6 is 15.9 Å². The van der Waals surface area contributed by atoms with Crippen molar-refractivity contribution in [2.75, 3.05) is 6.54 Å². The Kier molecular flexibility index (Phi) is 4.68. The fourth-order valence-electron chi connectivity index (χ4n) is 2.02. The summed E-state index contributed by atoms with van der Waals surface area (Å²) in [7, 11) is 0. The van der Waals surface area contributed by atoms with E-state index in [1.165, 1.54) is 28.4 Å². The molecule has 0 saturated heterocycles. The molecule has 0 radical (unpaired) electrons. The maximum absolute atomic E-state index is 6.08. The Labute approximate surface area is 118 Å². The SMILES string of the molecule is CCC(CNC1CC1)Oc1cc(C)c(Br)c(C)c1. The maximum Gasteiger partial charge on any atom is 0.120 e. The monoisotopic (exact) mass is 311 g/mol. The molecule has 0 heterocycles. The summed E-state index contributed by atoms with van der Waals surface area (Å²) < 4.78 is 7.25. The number of benzene rings is 1. The Hall–Kier alpha value is -0.540. The van der Waals surface area contributed by atoms with E-state index in [1.54, 1.807) is 0 Å². The first-order valence-corrected chi connectivity index (χ1v) is 7.56. The lowest BCUT2D eigenvalue weighted by Crippen LogP contribution is -2.32. The van der Waals surface area contributed by atoms with Crippen molar-refractivity contribution in [1.82, 2.24) is 5.32 Å². The van der Waals surface area contributed by atoms with Gasteiger partial charge in [0.1, 0.15) is 11.9 Å². The van der Waals surface area contributed by atoms with Gasteiger partial charge >= 0.3 is 0 Å². The molecule has 1 fully saturated rings. The molecule has 1 unspecified atom stereocenters. The van der Waals surface area contributed by atoms with Gasteiger partial charge in [-0.1, -0.05) is 22.9 Å². The van der Waals surface area contributed by atoms with Gasteiger partial charge in [-0.3, -0.25) is 0 Å². The molecule has 0 spiro atoms. The summed E-state index contributed by atoms with van der Waals surface area (Å²) in [6, 6.07) is 4.96. The summed E-state index contributed by atoms with van der Waals surface area (Å²) in [5, 5.41) is 3.53. The van der Waals surface area contributed by atoms with Gasteiger partial charge in [-0.25, -0.2) is 0 Å². The van der Waals surface area contributed by atoms with Crippen molar-refractivity contribution < 1.29 is 4.74 Å². The van der Waals surface area contributed by atoms with Crippen LogP contribution in [0.1, 0.15) is 37.3 Å². The van der Waals surface area contributed by atoms with Crippen LogP contribution < -0.4 is 10.1 Å². The molecule has 0 amide bonds. The van der Waals surface area contributed by atoms with E-state index in [-0.39, 0.29) is 6.10 Å². The van der Waals surface area contributed by atoms with E-state index in [9.17, 15) is 0 Å². The number of aryl methyl sites for hydroxylation is 2. The average molecular weight is 312 g/mol. The van der Waals surface area contributed by atoms with Gasteiger partial charge in [-0.05, 0) is 56.4 Å². The molecule has 0 aromatic heterocycles. The van der Waals surface area contributed by atoms with Crippen LogP contribution in [0.3, 0.4) is 0 Å². The largest absolute Gasteiger partial charge is 0.489 e. The predicted molar refractivity (Wildman–Crippen MR) is 79.3 cm³/mol. The standard InChI is InChI=1S/C15H22BrNO/c1-4-13(9-17-12-5-6-12)18-14-7-10(2)15(16)11(3)8-14/h7-8,12-13,17H,4-6,9H2,1-3H3. The third-order valence-electron chi connectivity index (χ3n) is 3.38. The minimum atomic E-state index is 0.269. The van der Waals surface area contributed by atoms with E-state index in [4.69, 9.17) is 4.74 Å². The van der Waals surface area contributed by atoms with Gasteiger partial charge in [-0.2, -0.15) is 0 Å². The topological polar surface area (TPSA) is 21.3 Å². The van der Waals surface area contributed by atoms with E-state index < -0.39 is 0 Å². The molecule has 0 bridgehead atoms. The first kappa shape index (κ1) is 13.9. The molecule has 1 aromatic carbocycles. The van der Waals surface area contributed by atoms with E-state index in [1.807, 2.05) is 0 Å². The average Bonchev–Trinajstić information content (AvgIpc) is 3.15. The Morgan fingerprint density at radius 3 is 2.44 bits per heavy atom. The summed E-state index contributed by atoms with van der Waals surface area (Å²) in [5.74, 6) is 0.984. The second-order valence-corrected chi connectivity index (χ2v) is 5.99. The Balaban J connectivity index is 1.97. The van der Waals surface area contributed by atoms with Gasteiger partial charge in [0.15, 0.2) is 0 Å². The second-order valence-electron chi connectivity index (χ2n) is 5.20. The first-order valence-electron chi connectivity index (χ1n) is 6.77. The van der Waals surface area contributed by atoms with Gasteiger partial charge in [-0.15, -0.1) is 0 Å². The Morgan fingerprint density at radius 2 is 1.94 bits per heavy atom. The van der Waals surface area contributed by atoms with Crippen LogP contribution in [0.25, 0.3) is 0 Å². The second kappa shape index (κ2) is 6.07. The fraction of sp³-hybridized carbons (Fsp3) is 0.600. The molecule has 1 atom stereocenters. The number of ether oxygens (including phenoxy) is 1. The van der Waals surface area contributed by atoms with Crippen LogP contribution in [-0.4, -0.2) is 18.7 Å². The van der Waals surface area contributed by atoms with E-state index >= 15 is 0 Å². The lowest BCUT2D eigenvalue weighted by atomic mass is 10.1. The quantitative estimate of drug-likeness (QED) is 0.858. The molecule has 2 rings (SSSR count). The number of rotatable bonds is 6. The zero-order chi connectivity index (χ0) is 13.1. The van der Waals surface area contributed by atoms with Crippen molar-refractivity contribution in [1.29, 1.82) is 0 Å². The van der Waals surface area contributed by atoms with Gasteiger partial charge in [0.25, 0.3) is 0 Å². The summed E-state index contributed by atoms with van der Waals surface area (Å²) in [4.78, 5) is 0. The third-order valence-corrected chi connectivity index (χ3v) is 4.63. The summed E-state index contributed by atoms with van der Waals surface area (Å²) in [6.45, 7) is 7.34. The van der Waals surface area contributed by atoms with E-state index in [0.29, 0.717) is 0 Å². The minimum Gasteiger partial charge on any atom is -0.489 e. The molecule has 3 heteroatoms. The van der Waals surface area contributed by atoms with Crippen LogP contribution in [0.5, 0.6) is 5.75 Å². The van der Waals surface area contributed by atoms with Crippen molar-refractivity contribution in [3.8, 4) is 5.75 Å². The van der Waals surface area contributed by atoms with E-state index in [2.05, 4.69) is 54.2 Å². The highest BCUT2D eigenvalue weighted by Gasteiger charge is 2.22. The minimum absolute atomic E-state index is 0.269. The highest BCUT2D eigenvalue weighted by Crippen LogP contribution is 2.27. The van der Waals surface area contributed by atoms with Gasteiger partial charge < -0.3 is 10.1 Å². The molecule has 1 aliphatic rings. The molecule has 1 N–H and O–H groups in total. The molecular formula is C15H22BrNO. The summed E-state index contributed by atoms with van der Waals surface area (Å²) in [5.41, 5.74) is 2.46. The smallest absolute Gasteiger partial charge is 0.120 e. The molecule has 1 aliphatic carbocycles. The van der Waals surface area contributed by atoms with Crippen LogP contribution in [0.15, 0.2) is 16.6 Å². The third kappa shape index (κ3) is 3.72. The molecule has 100 valence electrons. The Bertz CT molecular complexity index is 392. The number of halogens is 1. The predicted octanol–water partition coefficient (Wildman–Crippen LogP) is 3.98. The van der Waals surface area contributed by atoms with Crippen molar-refractivity contribution in [2.24, 2.45) is 0 Å². The number of hydrogen-bond donors (Lipinski definition) is 1. The zero-order valence-corrected chi connectivity index (χ0v) is 13.0. The molecule has 0 aliphatic heterocycles. The van der Waals surface area contributed by atoms with Crippen LogP contribution in [0.4, 0.5) is 0 Å². The molecule has 18 heavy (non-hydrogen) atoms. The van der Waals surface area contributed by atoms with Gasteiger partial charge in [0.2, 0.25) is 0 Å². The molecule has 2 nitrogen and oxygen atoms in total. The van der Waals surface area contributed by atoms with Crippen molar-refractivity contribution in [2.45, 2.75) is 52.2 Å². The van der Waals surface area contributed by atoms with Crippen LogP contribution in [0.2, 0.25) is 0 Å². The van der Waals surface area contributed by atoms with Crippen molar-refractivity contribution >= 4 is 15.9 Å². The highest BCUT2D eigenvalue weighted by atomic mass is 79.9. The van der Waals surface area contributed by atoms with Gasteiger partial charge in [0, 0.05) is 17.1 Å². The summed E-state index contributed by atoms with van der Waals surface area (Å²) in [6.07, 6.45) is 3.96. The van der Waals surface area contributed by atoms with Gasteiger partial charge in [0.05, 0.1) is 0 Å². The summed E-state index contributed by atoms with van der Waals surface area (Å²) >= 11 is 3.59. The van der Waals surface area contributed by atoms with Crippen molar-refractivity contribution in [3.05, 3.63) is 27.7 Å². The Morgan fingerprint density at radius 1 is 1.33 bits per heavy atom. The lowest BCUT2D eigenvalue weighted by Gasteiger charge is -2.19. The first-order chi connectivity index (χ1) is 8.60.